The van der Waals surface area contributed by atoms with Gasteiger partial charge in [0.25, 0.3) is 0 Å². The van der Waals surface area contributed by atoms with Crippen molar-refractivity contribution in [1.29, 1.82) is 0 Å². The Balaban J connectivity index is 1.38. The van der Waals surface area contributed by atoms with Crippen molar-refractivity contribution >= 4 is 23.2 Å². The van der Waals surface area contributed by atoms with E-state index in [9.17, 15) is 9.59 Å². The van der Waals surface area contributed by atoms with Gasteiger partial charge in [0.05, 0.1) is 12.3 Å². The molecule has 6 heteroatoms. The highest BCUT2D eigenvalue weighted by atomic mass is 32.1. The summed E-state index contributed by atoms with van der Waals surface area (Å²) in [5, 5.41) is 7.42. The fourth-order valence-corrected chi connectivity index (χ4v) is 5.81. The quantitative estimate of drug-likeness (QED) is 0.876. The van der Waals surface area contributed by atoms with E-state index in [0.29, 0.717) is 18.3 Å². The van der Waals surface area contributed by atoms with Gasteiger partial charge in [-0.3, -0.25) is 9.59 Å². The molecule has 1 aromatic rings. The Labute approximate surface area is 159 Å². The van der Waals surface area contributed by atoms with Crippen LogP contribution in [0.1, 0.15) is 32.3 Å². The minimum Gasteiger partial charge on any atom is -0.350 e. The van der Waals surface area contributed by atoms with Crippen LogP contribution in [0.3, 0.4) is 0 Å². The summed E-state index contributed by atoms with van der Waals surface area (Å²) in [6.07, 6.45) is 2.28. The van der Waals surface area contributed by atoms with Crippen LogP contribution in [0.15, 0.2) is 16.8 Å². The Kier molecular flexibility index (Phi) is 4.82. The predicted octanol–water partition coefficient (Wildman–Crippen LogP) is 1.99. The molecule has 26 heavy (non-hydrogen) atoms. The van der Waals surface area contributed by atoms with Gasteiger partial charge in [0.15, 0.2) is 0 Å². The topological polar surface area (TPSA) is 52.7 Å². The van der Waals surface area contributed by atoms with E-state index < -0.39 is 0 Å². The van der Waals surface area contributed by atoms with Crippen molar-refractivity contribution in [3.05, 3.63) is 22.4 Å². The molecule has 0 bridgehead atoms. The smallest absolute Gasteiger partial charge is 0.227 e. The fraction of sp³-hybridized carbons (Fsp3) is 0.700. The predicted molar refractivity (Wildman–Crippen MR) is 103 cm³/mol. The summed E-state index contributed by atoms with van der Waals surface area (Å²) < 4.78 is 0. The average Bonchev–Trinajstić information content (AvgIpc) is 3.28. The Morgan fingerprint density at radius 3 is 2.77 bits per heavy atom. The number of carbonyl (C=O) groups is 2. The largest absolute Gasteiger partial charge is 0.350 e. The summed E-state index contributed by atoms with van der Waals surface area (Å²) in [5.74, 6) is 1.63. The third-order valence-corrected chi connectivity index (χ3v) is 7.11. The Morgan fingerprint density at radius 2 is 2.12 bits per heavy atom. The molecule has 1 N–H and O–H groups in total. The lowest BCUT2D eigenvalue weighted by Gasteiger charge is -2.43. The molecule has 4 heterocycles. The minimum absolute atomic E-state index is 0.0906. The van der Waals surface area contributed by atoms with Crippen LogP contribution < -0.4 is 5.32 Å². The number of nitrogens with one attached hydrogen (secondary N) is 1. The van der Waals surface area contributed by atoms with Gasteiger partial charge in [0.1, 0.15) is 0 Å². The molecule has 3 aliphatic heterocycles. The van der Waals surface area contributed by atoms with E-state index in [1.165, 1.54) is 0 Å². The van der Waals surface area contributed by atoms with Crippen LogP contribution >= 0.6 is 11.3 Å². The monoisotopic (exact) mass is 375 g/mol. The number of piperidine rings is 1. The van der Waals surface area contributed by atoms with Crippen LogP contribution in [0.4, 0.5) is 0 Å². The van der Waals surface area contributed by atoms with Crippen molar-refractivity contribution in [3.63, 3.8) is 0 Å². The molecule has 3 aliphatic rings. The molecular formula is C20H29N3O2S. The molecular weight excluding hydrogens is 346 g/mol. The summed E-state index contributed by atoms with van der Waals surface area (Å²) in [5.41, 5.74) is 1.02. The molecule has 0 radical (unpaired) electrons. The van der Waals surface area contributed by atoms with Gasteiger partial charge >= 0.3 is 0 Å². The van der Waals surface area contributed by atoms with E-state index in [2.05, 4.69) is 24.1 Å². The first-order chi connectivity index (χ1) is 12.5. The molecule has 1 aromatic heterocycles. The van der Waals surface area contributed by atoms with Crippen LogP contribution in [0.25, 0.3) is 0 Å². The maximum atomic E-state index is 12.6. The van der Waals surface area contributed by atoms with E-state index >= 15 is 0 Å². The van der Waals surface area contributed by atoms with Gasteiger partial charge in [-0.2, -0.15) is 11.3 Å². The van der Waals surface area contributed by atoms with Gasteiger partial charge < -0.3 is 15.1 Å². The first kappa shape index (κ1) is 18.0. The zero-order valence-corrected chi connectivity index (χ0v) is 16.6. The molecule has 142 valence electrons. The zero-order chi connectivity index (χ0) is 18.3. The summed E-state index contributed by atoms with van der Waals surface area (Å²) in [4.78, 5) is 29.6. The van der Waals surface area contributed by atoms with Gasteiger partial charge in [-0.15, -0.1) is 0 Å². The second-order valence-corrected chi connectivity index (χ2v) is 9.44. The van der Waals surface area contributed by atoms with Crippen molar-refractivity contribution in [2.24, 2.45) is 17.8 Å². The molecule has 5 nitrogen and oxygen atoms in total. The zero-order valence-electron chi connectivity index (χ0n) is 15.7. The Hall–Kier alpha value is -1.40. The number of fused-ring (bicyclic) bond motifs is 2. The van der Waals surface area contributed by atoms with Crippen molar-refractivity contribution in [3.8, 4) is 0 Å². The third-order valence-electron chi connectivity index (χ3n) is 6.38. The van der Waals surface area contributed by atoms with Crippen molar-refractivity contribution in [2.45, 2.75) is 38.6 Å². The SMILES string of the molecule is CC(C)CN1C[C@H]2C(=O)NC3(CCN(C(=O)Cc4ccsc4)CC3)[C@H]2C1. The van der Waals surface area contributed by atoms with Crippen molar-refractivity contribution in [1.82, 2.24) is 15.1 Å². The molecule has 1 spiro atoms. The van der Waals surface area contributed by atoms with Crippen LogP contribution in [0.2, 0.25) is 0 Å². The molecule has 2 atom stereocenters. The van der Waals surface area contributed by atoms with Crippen molar-refractivity contribution in [2.75, 3.05) is 32.7 Å². The summed E-state index contributed by atoms with van der Waals surface area (Å²) >= 11 is 1.64. The lowest BCUT2D eigenvalue weighted by Crippen LogP contribution is -2.56. The number of hydrogen-bond acceptors (Lipinski definition) is 4. The lowest BCUT2D eigenvalue weighted by atomic mass is 9.75. The molecule has 3 fully saturated rings. The molecule has 0 saturated carbocycles. The highest BCUT2D eigenvalue weighted by molar-refractivity contribution is 7.08. The van der Waals surface area contributed by atoms with Crippen LogP contribution in [0, 0.1) is 17.8 Å². The number of nitrogens with zero attached hydrogens (tertiary/aromatic N) is 2. The third kappa shape index (κ3) is 3.29. The number of rotatable bonds is 4. The van der Waals surface area contributed by atoms with Crippen LogP contribution in [0.5, 0.6) is 0 Å². The first-order valence-electron chi connectivity index (χ1n) is 9.80. The number of likely N-dealkylation sites (tertiary alicyclic amines) is 2. The molecule has 3 saturated heterocycles. The Bertz CT molecular complexity index is 665. The van der Waals surface area contributed by atoms with E-state index in [4.69, 9.17) is 0 Å². The van der Waals surface area contributed by atoms with E-state index in [1.807, 2.05) is 21.7 Å². The number of amides is 2. The fourth-order valence-electron chi connectivity index (χ4n) is 5.14. The standard InChI is InChI=1S/C20H29N3O2S/c1-14(2)10-22-11-16-17(12-22)20(21-19(16)25)4-6-23(7-5-20)18(24)9-15-3-8-26-13-15/h3,8,13-14,16-17H,4-7,9-12H2,1-2H3,(H,21,25)/t16-,17+/m1/s1. The van der Waals surface area contributed by atoms with Gasteiger partial charge in [0, 0.05) is 44.2 Å². The maximum absolute atomic E-state index is 12.6. The summed E-state index contributed by atoms with van der Waals surface area (Å²) in [6.45, 7) is 8.99. The lowest BCUT2D eigenvalue weighted by molar-refractivity contribution is -0.132. The number of hydrogen-bond donors (Lipinski definition) is 1. The molecule has 0 aromatic carbocycles. The normalized spacial score (nSPS) is 28.0. The molecule has 0 aliphatic carbocycles. The maximum Gasteiger partial charge on any atom is 0.227 e. The Morgan fingerprint density at radius 1 is 1.35 bits per heavy atom. The van der Waals surface area contributed by atoms with Gasteiger partial charge in [-0.1, -0.05) is 13.8 Å². The highest BCUT2D eigenvalue weighted by Gasteiger charge is 2.57. The minimum atomic E-state index is -0.0906. The van der Waals surface area contributed by atoms with E-state index in [-0.39, 0.29) is 23.3 Å². The number of thiophene rings is 1. The summed E-state index contributed by atoms with van der Waals surface area (Å²) in [7, 11) is 0. The van der Waals surface area contributed by atoms with Gasteiger partial charge in [0.2, 0.25) is 11.8 Å². The number of carbonyl (C=O) groups excluding carboxylic acids is 2. The summed E-state index contributed by atoms with van der Waals surface area (Å²) in [6, 6.07) is 2.03. The van der Waals surface area contributed by atoms with Crippen LogP contribution in [-0.2, 0) is 16.0 Å². The second-order valence-electron chi connectivity index (χ2n) is 8.66. The highest BCUT2D eigenvalue weighted by Crippen LogP contribution is 2.44. The second kappa shape index (κ2) is 6.97. The molecule has 2 amide bonds. The molecule has 4 rings (SSSR count). The molecule has 0 unspecified atom stereocenters. The average molecular weight is 376 g/mol. The van der Waals surface area contributed by atoms with Crippen molar-refractivity contribution < 1.29 is 9.59 Å². The van der Waals surface area contributed by atoms with Gasteiger partial charge in [-0.05, 0) is 41.1 Å². The van der Waals surface area contributed by atoms with E-state index in [0.717, 1.165) is 51.1 Å². The van der Waals surface area contributed by atoms with Gasteiger partial charge in [-0.25, -0.2) is 0 Å². The van der Waals surface area contributed by atoms with E-state index in [1.54, 1.807) is 11.3 Å². The van der Waals surface area contributed by atoms with Crippen LogP contribution in [-0.4, -0.2) is 59.9 Å². The first-order valence-corrected chi connectivity index (χ1v) is 10.7.